The molecule has 7 nitrogen and oxygen atoms in total. The molecule has 7 rings (SSSR count). The van der Waals surface area contributed by atoms with Gasteiger partial charge in [0.1, 0.15) is 24.7 Å². The summed E-state index contributed by atoms with van der Waals surface area (Å²) in [6.07, 6.45) is 7.06. The Labute approximate surface area is 309 Å². The summed E-state index contributed by atoms with van der Waals surface area (Å²) in [6.45, 7) is 8.95. The van der Waals surface area contributed by atoms with Crippen molar-refractivity contribution in [2.75, 3.05) is 52.7 Å². The molecule has 0 radical (unpaired) electrons. The summed E-state index contributed by atoms with van der Waals surface area (Å²) >= 11 is 0. The Morgan fingerprint density at radius 3 is 2.00 bits per heavy atom. The van der Waals surface area contributed by atoms with Crippen molar-refractivity contribution in [1.82, 2.24) is 9.80 Å². The highest BCUT2D eigenvalue weighted by molar-refractivity contribution is 5.76. The van der Waals surface area contributed by atoms with Crippen LogP contribution in [0, 0.1) is 12.8 Å². The van der Waals surface area contributed by atoms with Crippen molar-refractivity contribution in [3.8, 4) is 11.5 Å². The van der Waals surface area contributed by atoms with E-state index in [2.05, 4.69) is 96.8 Å². The number of hydrogen-bond acceptors (Lipinski definition) is 6. The molecular formula is C45H54N2O5. The monoisotopic (exact) mass is 702 g/mol. The van der Waals surface area contributed by atoms with Crippen molar-refractivity contribution in [2.24, 2.45) is 5.92 Å². The molecule has 52 heavy (non-hydrogen) atoms. The number of aryl methyl sites for hydroxylation is 1. The summed E-state index contributed by atoms with van der Waals surface area (Å²) in [5.41, 5.74) is 9.80. The molecule has 2 aliphatic heterocycles. The van der Waals surface area contributed by atoms with Gasteiger partial charge in [-0.05, 0) is 70.3 Å². The van der Waals surface area contributed by atoms with Crippen molar-refractivity contribution >= 4 is 5.91 Å². The zero-order valence-electron chi connectivity index (χ0n) is 30.8. The number of ether oxygens (including phenoxy) is 4. The van der Waals surface area contributed by atoms with Gasteiger partial charge in [0.05, 0.1) is 26.4 Å². The van der Waals surface area contributed by atoms with Gasteiger partial charge in [0.2, 0.25) is 5.91 Å². The lowest BCUT2D eigenvalue weighted by molar-refractivity contribution is -0.133. The van der Waals surface area contributed by atoms with Crippen molar-refractivity contribution in [2.45, 2.75) is 71.5 Å². The third-order valence-corrected chi connectivity index (χ3v) is 10.7. The molecule has 0 spiro atoms. The molecule has 2 heterocycles. The summed E-state index contributed by atoms with van der Waals surface area (Å²) in [5, 5.41) is 0. The Hall–Kier alpha value is -4.17. The van der Waals surface area contributed by atoms with E-state index in [1.807, 2.05) is 4.90 Å². The van der Waals surface area contributed by atoms with Gasteiger partial charge in [-0.2, -0.15) is 0 Å². The molecule has 0 atom stereocenters. The molecule has 7 heteroatoms. The molecule has 1 amide bonds. The summed E-state index contributed by atoms with van der Waals surface area (Å²) in [7, 11) is 0. The Morgan fingerprint density at radius 1 is 0.673 bits per heavy atom. The van der Waals surface area contributed by atoms with Gasteiger partial charge in [-0.15, -0.1) is 0 Å². The van der Waals surface area contributed by atoms with Gasteiger partial charge < -0.3 is 23.8 Å². The minimum absolute atomic E-state index is 0.234. The van der Waals surface area contributed by atoms with Gasteiger partial charge in [0.15, 0.2) is 0 Å². The molecule has 3 aliphatic rings. The van der Waals surface area contributed by atoms with E-state index in [0.29, 0.717) is 59.2 Å². The Morgan fingerprint density at radius 2 is 1.31 bits per heavy atom. The van der Waals surface area contributed by atoms with Crippen LogP contribution in [0.5, 0.6) is 11.5 Å². The average molecular weight is 703 g/mol. The summed E-state index contributed by atoms with van der Waals surface area (Å²) < 4.78 is 24.6. The van der Waals surface area contributed by atoms with Crippen LogP contribution in [0.3, 0.4) is 0 Å². The van der Waals surface area contributed by atoms with E-state index in [4.69, 9.17) is 18.9 Å². The number of carbonyl (C=O) groups is 1. The third kappa shape index (κ3) is 10.2. The van der Waals surface area contributed by atoms with E-state index in [9.17, 15) is 4.79 Å². The van der Waals surface area contributed by atoms with Crippen LogP contribution in [-0.2, 0) is 46.7 Å². The molecule has 4 aromatic rings. The molecule has 0 unspecified atom stereocenters. The van der Waals surface area contributed by atoms with Crippen LogP contribution in [-0.4, -0.2) is 68.4 Å². The Balaban J connectivity index is 1.08. The average Bonchev–Trinajstić information content (AvgIpc) is 3.11. The molecule has 274 valence electrons. The zero-order valence-corrected chi connectivity index (χ0v) is 30.8. The number of hydrogen-bond donors (Lipinski definition) is 0. The van der Waals surface area contributed by atoms with E-state index < -0.39 is 0 Å². The highest BCUT2D eigenvalue weighted by atomic mass is 16.5. The first kappa shape index (κ1) is 36.2. The molecule has 0 aromatic heterocycles. The Kier molecular flexibility index (Phi) is 12.6. The maximum Gasteiger partial charge on any atom is 0.222 e. The SMILES string of the molecule is Cc1ccc2c(c1)Cc1cccc(c1)CN(Cc1ccc3c(c1)Cc1cccc(c1)CN(C(=O)CCC1CCC1)CCOCCO3)CCOCCO2. The second-order valence-corrected chi connectivity index (χ2v) is 14.8. The van der Waals surface area contributed by atoms with Gasteiger partial charge in [0.25, 0.3) is 0 Å². The molecule has 1 fully saturated rings. The van der Waals surface area contributed by atoms with Gasteiger partial charge in [-0.25, -0.2) is 0 Å². The number of benzene rings is 4. The van der Waals surface area contributed by atoms with E-state index in [1.165, 1.54) is 52.6 Å². The molecule has 1 saturated carbocycles. The van der Waals surface area contributed by atoms with Crippen LogP contribution in [0.25, 0.3) is 0 Å². The maximum atomic E-state index is 13.3. The van der Waals surface area contributed by atoms with Gasteiger partial charge >= 0.3 is 0 Å². The summed E-state index contributed by atoms with van der Waals surface area (Å²) in [4.78, 5) is 17.8. The van der Waals surface area contributed by atoms with Crippen LogP contribution < -0.4 is 9.47 Å². The lowest BCUT2D eigenvalue weighted by atomic mass is 9.82. The van der Waals surface area contributed by atoms with Crippen LogP contribution >= 0.6 is 0 Å². The number of carbonyl (C=O) groups excluding carboxylic acids is 1. The molecule has 1 aliphatic carbocycles. The summed E-state index contributed by atoms with van der Waals surface area (Å²) in [5.74, 6) is 2.80. The number of nitrogens with zero attached hydrogens (tertiary/aromatic N) is 2. The molecule has 4 bridgehead atoms. The topological polar surface area (TPSA) is 60.5 Å². The van der Waals surface area contributed by atoms with Crippen molar-refractivity contribution in [1.29, 1.82) is 0 Å². The maximum absolute atomic E-state index is 13.3. The van der Waals surface area contributed by atoms with Crippen LogP contribution in [0.1, 0.15) is 76.6 Å². The van der Waals surface area contributed by atoms with Crippen LogP contribution in [0.2, 0.25) is 0 Å². The lowest BCUT2D eigenvalue weighted by Crippen LogP contribution is -2.34. The normalized spacial score (nSPS) is 18.0. The fraction of sp³-hybridized carbons (Fsp3) is 0.444. The number of rotatable bonds is 5. The number of fused-ring (bicyclic) bond motifs is 6. The van der Waals surface area contributed by atoms with Crippen molar-refractivity contribution < 1.29 is 23.7 Å². The van der Waals surface area contributed by atoms with E-state index in [0.717, 1.165) is 67.4 Å². The first-order valence-electron chi connectivity index (χ1n) is 19.3. The fourth-order valence-electron chi connectivity index (χ4n) is 7.62. The molecule has 4 aromatic carbocycles. The Bertz CT molecular complexity index is 1790. The minimum Gasteiger partial charge on any atom is -0.491 e. The van der Waals surface area contributed by atoms with Gasteiger partial charge in [-0.3, -0.25) is 9.69 Å². The summed E-state index contributed by atoms with van der Waals surface area (Å²) in [6, 6.07) is 30.7. The quantitative estimate of drug-likeness (QED) is 0.211. The highest BCUT2D eigenvalue weighted by Gasteiger charge is 2.21. The molecule has 0 N–H and O–H groups in total. The standard InChI is InChI=1S/C45H54N2O5/c1-34-11-14-43-41(25-34)28-36-7-3-9-38(26-36)31-46(17-19-49-21-23-51-43)32-40-12-15-44-42(30-40)29-37-8-4-10-39(27-37)33-47(18-20-50-22-24-52-44)45(48)16-13-35-5-2-6-35/h3-4,7-12,14-15,25-27,30,35H,2,5-6,13,16-24,28-29,31-33H2,1H3. The minimum atomic E-state index is 0.234. The van der Waals surface area contributed by atoms with E-state index >= 15 is 0 Å². The second kappa shape index (κ2) is 18.0. The molecular weight excluding hydrogens is 649 g/mol. The van der Waals surface area contributed by atoms with Crippen LogP contribution in [0.4, 0.5) is 0 Å². The van der Waals surface area contributed by atoms with Gasteiger partial charge in [-0.1, -0.05) is 97.6 Å². The van der Waals surface area contributed by atoms with E-state index in [-0.39, 0.29) is 5.91 Å². The fourth-order valence-corrected chi connectivity index (χ4v) is 7.62. The third-order valence-electron chi connectivity index (χ3n) is 10.7. The van der Waals surface area contributed by atoms with E-state index in [1.54, 1.807) is 0 Å². The second-order valence-electron chi connectivity index (χ2n) is 14.8. The van der Waals surface area contributed by atoms with Crippen molar-refractivity contribution in [3.05, 3.63) is 129 Å². The lowest BCUT2D eigenvalue weighted by Gasteiger charge is -2.28. The predicted molar refractivity (Wildman–Crippen MR) is 205 cm³/mol. The number of amides is 1. The van der Waals surface area contributed by atoms with Crippen molar-refractivity contribution in [3.63, 3.8) is 0 Å². The highest BCUT2D eigenvalue weighted by Crippen LogP contribution is 2.31. The van der Waals surface area contributed by atoms with Gasteiger partial charge in [0, 0.05) is 52.0 Å². The zero-order chi connectivity index (χ0) is 35.5. The predicted octanol–water partition coefficient (Wildman–Crippen LogP) is 7.91. The smallest absolute Gasteiger partial charge is 0.222 e. The van der Waals surface area contributed by atoms with Crippen LogP contribution in [0.15, 0.2) is 84.9 Å². The first-order valence-corrected chi connectivity index (χ1v) is 19.3. The molecule has 0 saturated heterocycles. The first-order chi connectivity index (χ1) is 25.5. The largest absolute Gasteiger partial charge is 0.491 e.